The van der Waals surface area contributed by atoms with E-state index in [1.54, 1.807) is 0 Å². The van der Waals surface area contributed by atoms with Crippen LogP contribution in [0.15, 0.2) is 66.7 Å². The van der Waals surface area contributed by atoms with Gasteiger partial charge in [-0.25, -0.2) is 14.6 Å². The summed E-state index contributed by atoms with van der Waals surface area (Å²) in [5, 5.41) is 17.6. The van der Waals surface area contributed by atoms with Crippen molar-refractivity contribution in [2.24, 2.45) is 0 Å². The number of hydrogen-bond acceptors (Lipinski definition) is 7. The molecule has 0 N–H and O–H groups in total. The summed E-state index contributed by atoms with van der Waals surface area (Å²) in [5.41, 5.74) is 0.730. The van der Waals surface area contributed by atoms with E-state index in [2.05, 4.69) is 4.98 Å². The fraction of sp³-hybridized carbons (Fsp3) is 0. The topological polar surface area (TPSA) is 113 Å². The number of carbonyl (C=O) groups is 2. The van der Waals surface area contributed by atoms with E-state index in [0.717, 1.165) is 0 Å². The minimum atomic E-state index is -0.752. The van der Waals surface area contributed by atoms with Crippen molar-refractivity contribution in [1.82, 2.24) is 4.98 Å². The number of rotatable bonds is 4. The predicted molar refractivity (Wildman–Crippen MR) is 96.5 cm³/mol. The van der Waals surface area contributed by atoms with Gasteiger partial charge in [0.25, 0.3) is 0 Å². The van der Waals surface area contributed by atoms with E-state index < -0.39 is 11.9 Å². The van der Waals surface area contributed by atoms with E-state index in [4.69, 9.17) is 20.0 Å². The molecular formula is C21H11N3O4. The summed E-state index contributed by atoms with van der Waals surface area (Å²) in [7, 11) is 0. The Morgan fingerprint density at radius 2 is 1.07 bits per heavy atom. The molecular weight excluding hydrogens is 358 g/mol. The Hall–Kier alpha value is -4.49. The first kappa shape index (κ1) is 18.3. The third-order valence-corrected chi connectivity index (χ3v) is 3.56. The van der Waals surface area contributed by atoms with Crippen LogP contribution in [0.4, 0.5) is 0 Å². The van der Waals surface area contributed by atoms with E-state index in [-0.39, 0.29) is 22.9 Å². The van der Waals surface area contributed by atoms with Crippen LogP contribution >= 0.6 is 0 Å². The molecule has 0 saturated carbocycles. The monoisotopic (exact) mass is 369 g/mol. The lowest BCUT2D eigenvalue weighted by Gasteiger charge is -2.06. The Balaban J connectivity index is 1.71. The van der Waals surface area contributed by atoms with E-state index >= 15 is 0 Å². The zero-order valence-electron chi connectivity index (χ0n) is 14.3. The van der Waals surface area contributed by atoms with Gasteiger partial charge in [0.05, 0.1) is 23.3 Å². The van der Waals surface area contributed by atoms with Gasteiger partial charge in [0, 0.05) is 0 Å². The number of nitrogens with zero attached hydrogens (tertiary/aromatic N) is 3. The zero-order valence-corrected chi connectivity index (χ0v) is 14.3. The number of esters is 2. The first-order valence-corrected chi connectivity index (χ1v) is 8.01. The van der Waals surface area contributed by atoms with Crippen molar-refractivity contribution in [1.29, 1.82) is 10.5 Å². The summed E-state index contributed by atoms with van der Waals surface area (Å²) in [5.74, 6) is -1.01. The van der Waals surface area contributed by atoms with Crippen LogP contribution in [0.25, 0.3) is 0 Å². The van der Waals surface area contributed by atoms with Crippen molar-refractivity contribution >= 4 is 11.9 Å². The van der Waals surface area contributed by atoms with E-state index in [0.29, 0.717) is 11.1 Å². The molecule has 0 aliphatic carbocycles. The molecule has 0 unspecified atom stereocenters. The molecule has 0 aliphatic heterocycles. The van der Waals surface area contributed by atoms with E-state index in [9.17, 15) is 9.59 Å². The lowest BCUT2D eigenvalue weighted by Crippen LogP contribution is -2.15. The van der Waals surface area contributed by atoms with Crippen LogP contribution in [0.1, 0.15) is 32.1 Å². The highest BCUT2D eigenvalue weighted by atomic mass is 16.5. The van der Waals surface area contributed by atoms with Crippen LogP contribution in [-0.2, 0) is 0 Å². The van der Waals surface area contributed by atoms with E-state index in [1.807, 2.05) is 12.1 Å². The standard InChI is InChI=1S/C21H11N3O4/c22-12-14-4-8-16(9-5-14)27-20(25)18-2-1-3-19(24-18)21(26)28-17-10-6-15(13-23)7-11-17/h1-11H. The summed E-state index contributed by atoms with van der Waals surface area (Å²) in [6, 6.07) is 20.2. The van der Waals surface area contributed by atoms with Gasteiger partial charge in [-0.05, 0) is 60.7 Å². The molecule has 0 fully saturated rings. The molecule has 0 bridgehead atoms. The minimum absolute atomic E-state index is 0.0707. The zero-order chi connectivity index (χ0) is 19.9. The van der Waals surface area contributed by atoms with Gasteiger partial charge in [0.1, 0.15) is 22.9 Å². The highest BCUT2D eigenvalue weighted by Crippen LogP contribution is 2.15. The highest BCUT2D eigenvalue weighted by Gasteiger charge is 2.16. The Kier molecular flexibility index (Phi) is 5.40. The van der Waals surface area contributed by atoms with Crippen molar-refractivity contribution < 1.29 is 19.1 Å². The Morgan fingerprint density at radius 3 is 1.43 bits per heavy atom. The Morgan fingerprint density at radius 1 is 0.679 bits per heavy atom. The molecule has 28 heavy (non-hydrogen) atoms. The number of nitriles is 2. The maximum absolute atomic E-state index is 12.2. The van der Waals surface area contributed by atoms with Crippen molar-refractivity contribution in [3.63, 3.8) is 0 Å². The molecule has 0 spiro atoms. The molecule has 3 rings (SSSR count). The van der Waals surface area contributed by atoms with Gasteiger partial charge in [-0.1, -0.05) is 6.07 Å². The molecule has 1 aromatic heterocycles. The van der Waals surface area contributed by atoms with Crippen molar-refractivity contribution in [3.8, 4) is 23.6 Å². The Labute approximate surface area is 160 Å². The summed E-state index contributed by atoms with van der Waals surface area (Å²) in [6.07, 6.45) is 0. The summed E-state index contributed by atoms with van der Waals surface area (Å²) >= 11 is 0. The quantitative estimate of drug-likeness (QED) is 0.512. The largest absolute Gasteiger partial charge is 0.422 e. The fourth-order valence-electron chi connectivity index (χ4n) is 2.18. The first-order valence-electron chi connectivity index (χ1n) is 8.01. The molecule has 7 heteroatoms. The lowest BCUT2D eigenvalue weighted by molar-refractivity contribution is 0.0722. The van der Waals surface area contributed by atoms with Crippen LogP contribution < -0.4 is 9.47 Å². The van der Waals surface area contributed by atoms with Gasteiger partial charge in [-0.15, -0.1) is 0 Å². The van der Waals surface area contributed by atoms with Gasteiger partial charge in [-0.3, -0.25) is 0 Å². The summed E-state index contributed by atoms with van der Waals surface area (Å²) in [4.78, 5) is 28.5. The molecule has 0 amide bonds. The molecule has 7 nitrogen and oxygen atoms in total. The highest BCUT2D eigenvalue weighted by molar-refractivity contribution is 5.93. The average molecular weight is 369 g/mol. The van der Waals surface area contributed by atoms with Gasteiger partial charge >= 0.3 is 11.9 Å². The molecule has 2 aromatic carbocycles. The minimum Gasteiger partial charge on any atom is -0.422 e. The smallest absolute Gasteiger partial charge is 0.362 e. The van der Waals surface area contributed by atoms with E-state index in [1.165, 1.54) is 66.7 Å². The SMILES string of the molecule is N#Cc1ccc(OC(=O)c2cccc(C(=O)Oc3ccc(C#N)cc3)n2)cc1. The molecule has 0 saturated heterocycles. The predicted octanol–water partition coefficient (Wildman–Crippen LogP) is 3.26. The lowest BCUT2D eigenvalue weighted by atomic mass is 10.2. The molecule has 134 valence electrons. The second kappa shape index (κ2) is 8.26. The molecule has 0 aliphatic rings. The van der Waals surface area contributed by atoms with Crippen LogP contribution in [0.3, 0.4) is 0 Å². The molecule has 1 heterocycles. The van der Waals surface area contributed by atoms with Gasteiger partial charge < -0.3 is 9.47 Å². The van der Waals surface area contributed by atoms with Gasteiger partial charge in [-0.2, -0.15) is 10.5 Å². The van der Waals surface area contributed by atoms with Gasteiger partial charge in [0.2, 0.25) is 0 Å². The third kappa shape index (κ3) is 4.37. The van der Waals surface area contributed by atoms with Crippen molar-refractivity contribution in [2.45, 2.75) is 0 Å². The number of benzene rings is 2. The molecule has 0 radical (unpaired) electrons. The van der Waals surface area contributed by atoms with Crippen molar-refractivity contribution in [2.75, 3.05) is 0 Å². The van der Waals surface area contributed by atoms with Crippen LogP contribution in [0.2, 0.25) is 0 Å². The number of aromatic nitrogens is 1. The van der Waals surface area contributed by atoms with Crippen LogP contribution in [-0.4, -0.2) is 16.9 Å². The molecule has 3 aromatic rings. The summed E-state index contributed by atoms with van der Waals surface area (Å²) in [6.45, 7) is 0. The third-order valence-electron chi connectivity index (χ3n) is 3.56. The number of carbonyl (C=O) groups excluding carboxylic acids is 2. The number of ether oxygens (including phenoxy) is 2. The second-order valence-electron chi connectivity index (χ2n) is 5.46. The molecule has 0 atom stereocenters. The normalized spacial score (nSPS) is 9.64. The van der Waals surface area contributed by atoms with Gasteiger partial charge in [0.15, 0.2) is 0 Å². The van der Waals surface area contributed by atoms with Crippen LogP contribution in [0, 0.1) is 22.7 Å². The summed E-state index contributed by atoms with van der Waals surface area (Å²) < 4.78 is 10.4. The first-order chi connectivity index (χ1) is 13.6. The number of hydrogen-bond donors (Lipinski definition) is 0. The maximum atomic E-state index is 12.2. The van der Waals surface area contributed by atoms with Crippen molar-refractivity contribution in [3.05, 3.63) is 89.2 Å². The second-order valence-corrected chi connectivity index (χ2v) is 5.46. The fourth-order valence-corrected chi connectivity index (χ4v) is 2.18. The number of pyridine rings is 1. The Bertz CT molecular complexity index is 1020. The maximum Gasteiger partial charge on any atom is 0.362 e. The average Bonchev–Trinajstić information content (AvgIpc) is 2.75. The van der Waals surface area contributed by atoms with Crippen LogP contribution in [0.5, 0.6) is 11.5 Å².